The Kier molecular flexibility index (Phi) is 8.02. The predicted molar refractivity (Wildman–Crippen MR) is 106 cm³/mol. The third-order valence-electron chi connectivity index (χ3n) is 3.64. The summed E-state index contributed by atoms with van der Waals surface area (Å²) >= 11 is 0. The van der Waals surface area contributed by atoms with E-state index in [1.165, 1.54) is 6.07 Å². The number of aromatic nitrogens is 2. The molecule has 0 amide bonds. The highest BCUT2D eigenvalue weighted by atomic mass is 127. The largest absolute Gasteiger partial charge is 0.454 e. The highest BCUT2D eigenvalue weighted by Gasteiger charge is 2.20. The number of ether oxygens (including phenoxy) is 3. The van der Waals surface area contributed by atoms with Crippen LogP contribution in [0.15, 0.2) is 21.6 Å². The van der Waals surface area contributed by atoms with Crippen molar-refractivity contribution in [1.82, 2.24) is 20.8 Å². The summed E-state index contributed by atoms with van der Waals surface area (Å²) in [6.45, 7) is -0.468. The molecule has 0 atom stereocenters. The Hall–Kier alpha value is -2.38. The molecule has 0 saturated heterocycles. The van der Waals surface area contributed by atoms with Crippen LogP contribution in [0.1, 0.15) is 17.3 Å². The Morgan fingerprint density at radius 2 is 2.04 bits per heavy atom. The molecule has 154 valence electrons. The van der Waals surface area contributed by atoms with Crippen LogP contribution in [0, 0.1) is 6.92 Å². The molecule has 2 aromatic rings. The van der Waals surface area contributed by atoms with Crippen molar-refractivity contribution in [2.24, 2.45) is 4.99 Å². The lowest BCUT2D eigenvalue weighted by molar-refractivity contribution is -0.0505. The number of benzene rings is 1. The molecule has 0 aliphatic carbocycles. The molecule has 3 rings (SSSR count). The van der Waals surface area contributed by atoms with Crippen LogP contribution in [0.4, 0.5) is 8.78 Å². The molecule has 1 aliphatic heterocycles. The number of halogens is 3. The van der Waals surface area contributed by atoms with Crippen molar-refractivity contribution in [2.45, 2.75) is 26.5 Å². The summed E-state index contributed by atoms with van der Waals surface area (Å²) < 4.78 is 45.4. The van der Waals surface area contributed by atoms with Crippen LogP contribution >= 0.6 is 24.0 Å². The Labute approximate surface area is 176 Å². The van der Waals surface area contributed by atoms with Crippen LogP contribution < -0.4 is 24.8 Å². The minimum Gasteiger partial charge on any atom is -0.454 e. The lowest BCUT2D eigenvalue weighted by Crippen LogP contribution is -2.38. The van der Waals surface area contributed by atoms with Gasteiger partial charge in [-0.05, 0) is 13.0 Å². The standard InChI is InChI=1S/C16H19F2N5O4.HI/c1-9-22-14(27-23-9)3-4-20-16(19-2)21-7-10-5-12-13(25-8-24-12)6-11(10)26-15(17)18;/h5-6,15H,3-4,7-8H2,1-2H3,(H2,19,20,21);1H. The van der Waals surface area contributed by atoms with Gasteiger partial charge < -0.3 is 29.4 Å². The number of alkyl halides is 2. The van der Waals surface area contributed by atoms with Crippen LogP contribution in [0.5, 0.6) is 17.2 Å². The molecule has 9 nitrogen and oxygen atoms in total. The fourth-order valence-electron chi connectivity index (χ4n) is 2.44. The van der Waals surface area contributed by atoms with Gasteiger partial charge in [-0.3, -0.25) is 4.99 Å². The number of hydrogen-bond acceptors (Lipinski definition) is 7. The van der Waals surface area contributed by atoms with Crippen molar-refractivity contribution in [3.63, 3.8) is 0 Å². The number of fused-ring (bicyclic) bond motifs is 1. The predicted octanol–water partition coefficient (Wildman–Crippen LogP) is 2.23. The lowest BCUT2D eigenvalue weighted by Gasteiger charge is -2.15. The van der Waals surface area contributed by atoms with Crippen molar-refractivity contribution in [3.8, 4) is 17.2 Å². The topological polar surface area (TPSA) is 103 Å². The highest BCUT2D eigenvalue weighted by Crippen LogP contribution is 2.38. The van der Waals surface area contributed by atoms with E-state index >= 15 is 0 Å². The Morgan fingerprint density at radius 3 is 2.68 bits per heavy atom. The Balaban J connectivity index is 0.00000280. The monoisotopic (exact) mass is 511 g/mol. The molecule has 0 spiro atoms. The Bertz CT molecular complexity index is 818. The SMILES string of the molecule is CN=C(NCCc1nc(C)no1)NCc1cc2c(cc1OC(F)F)OCO2.I. The van der Waals surface area contributed by atoms with Gasteiger partial charge in [0, 0.05) is 38.2 Å². The normalized spacial score (nSPS) is 12.7. The molecular weight excluding hydrogens is 491 g/mol. The van der Waals surface area contributed by atoms with E-state index in [2.05, 4.69) is 30.5 Å². The molecule has 1 aliphatic rings. The van der Waals surface area contributed by atoms with Gasteiger partial charge in [0.1, 0.15) is 5.75 Å². The zero-order valence-electron chi connectivity index (χ0n) is 15.2. The maximum Gasteiger partial charge on any atom is 0.387 e. The van der Waals surface area contributed by atoms with Crippen molar-refractivity contribution >= 4 is 29.9 Å². The van der Waals surface area contributed by atoms with Crippen LogP contribution in [0.3, 0.4) is 0 Å². The second kappa shape index (κ2) is 10.2. The van der Waals surface area contributed by atoms with Gasteiger partial charge in [-0.15, -0.1) is 24.0 Å². The van der Waals surface area contributed by atoms with E-state index < -0.39 is 6.61 Å². The molecule has 1 aromatic heterocycles. The van der Waals surface area contributed by atoms with Gasteiger partial charge in [0.05, 0.1) is 0 Å². The molecule has 2 heterocycles. The summed E-state index contributed by atoms with van der Waals surface area (Å²) in [4.78, 5) is 8.19. The quantitative estimate of drug-likeness (QED) is 0.332. The number of nitrogens with one attached hydrogen (secondary N) is 2. The summed E-state index contributed by atoms with van der Waals surface area (Å²) in [5, 5.41) is 9.82. The third kappa shape index (κ3) is 5.81. The first kappa shape index (κ1) is 21.9. The fourth-order valence-corrected chi connectivity index (χ4v) is 2.44. The number of aryl methyl sites for hydroxylation is 1. The lowest BCUT2D eigenvalue weighted by atomic mass is 10.1. The van der Waals surface area contributed by atoms with Crippen molar-refractivity contribution in [2.75, 3.05) is 20.4 Å². The smallest absolute Gasteiger partial charge is 0.387 e. The van der Waals surface area contributed by atoms with E-state index in [0.29, 0.717) is 47.7 Å². The van der Waals surface area contributed by atoms with Crippen molar-refractivity contribution in [1.29, 1.82) is 0 Å². The minimum absolute atomic E-state index is 0. The summed E-state index contributed by atoms with van der Waals surface area (Å²) in [7, 11) is 1.60. The van der Waals surface area contributed by atoms with E-state index in [1.54, 1.807) is 20.0 Å². The van der Waals surface area contributed by atoms with E-state index in [9.17, 15) is 8.78 Å². The second-order valence-corrected chi connectivity index (χ2v) is 5.53. The molecule has 0 unspecified atom stereocenters. The van der Waals surface area contributed by atoms with Crippen LogP contribution in [0.2, 0.25) is 0 Å². The minimum atomic E-state index is -2.94. The van der Waals surface area contributed by atoms with Crippen molar-refractivity contribution in [3.05, 3.63) is 29.4 Å². The summed E-state index contributed by atoms with van der Waals surface area (Å²) in [5.41, 5.74) is 0.482. The number of rotatable bonds is 7. The molecule has 0 bridgehead atoms. The zero-order valence-corrected chi connectivity index (χ0v) is 17.5. The number of hydrogen-bond donors (Lipinski definition) is 2. The van der Waals surface area contributed by atoms with Gasteiger partial charge in [0.15, 0.2) is 23.3 Å². The van der Waals surface area contributed by atoms with Gasteiger partial charge in [0.25, 0.3) is 0 Å². The van der Waals surface area contributed by atoms with Crippen LogP contribution in [-0.4, -0.2) is 43.1 Å². The fraction of sp³-hybridized carbons (Fsp3) is 0.438. The Morgan fingerprint density at radius 1 is 1.29 bits per heavy atom. The summed E-state index contributed by atoms with van der Waals surface area (Å²) in [6, 6.07) is 2.99. The second-order valence-electron chi connectivity index (χ2n) is 5.53. The van der Waals surface area contributed by atoms with Crippen LogP contribution in [-0.2, 0) is 13.0 Å². The molecule has 2 N–H and O–H groups in total. The molecule has 12 heteroatoms. The number of guanidine groups is 1. The molecule has 0 saturated carbocycles. The molecular formula is C16H20F2IN5O4. The van der Waals surface area contributed by atoms with Crippen molar-refractivity contribution < 1.29 is 27.5 Å². The van der Waals surface area contributed by atoms with Gasteiger partial charge in [-0.1, -0.05) is 5.16 Å². The number of nitrogens with zero attached hydrogens (tertiary/aromatic N) is 3. The van der Waals surface area contributed by atoms with Gasteiger partial charge in [-0.2, -0.15) is 13.8 Å². The summed E-state index contributed by atoms with van der Waals surface area (Å²) in [5.74, 6) is 2.42. The molecule has 1 aromatic carbocycles. The zero-order chi connectivity index (χ0) is 19.2. The van der Waals surface area contributed by atoms with Gasteiger partial charge >= 0.3 is 6.61 Å². The van der Waals surface area contributed by atoms with Crippen LogP contribution in [0.25, 0.3) is 0 Å². The van der Waals surface area contributed by atoms with E-state index in [0.717, 1.165) is 0 Å². The van der Waals surface area contributed by atoms with E-state index in [4.69, 9.17) is 14.0 Å². The molecule has 0 fully saturated rings. The molecule has 28 heavy (non-hydrogen) atoms. The van der Waals surface area contributed by atoms with Gasteiger partial charge in [-0.25, -0.2) is 0 Å². The maximum atomic E-state index is 12.7. The van der Waals surface area contributed by atoms with E-state index in [1.807, 2.05) is 0 Å². The van der Waals surface area contributed by atoms with Gasteiger partial charge in [0.2, 0.25) is 12.7 Å². The average Bonchev–Trinajstić information content (AvgIpc) is 3.25. The first-order chi connectivity index (χ1) is 13.0. The highest BCUT2D eigenvalue weighted by molar-refractivity contribution is 14.0. The summed E-state index contributed by atoms with van der Waals surface area (Å²) in [6.07, 6.45) is 0.519. The maximum absolute atomic E-state index is 12.7. The first-order valence-electron chi connectivity index (χ1n) is 8.16. The van der Waals surface area contributed by atoms with E-state index in [-0.39, 0.29) is 43.1 Å². The molecule has 0 radical (unpaired) electrons. The third-order valence-corrected chi connectivity index (χ3v) is 3.64. The first-order valence-corrected chi connectivity index (χ1v) is 8.16. The number of aliphatic imine (C=N–C) groups is 1. The average molecular weight is 511 g/mol.